The topological polar surface area (TPSA) is 32.9 Å². The molecule has 7 aromatic rings. The third-order valence-electron chi connectivity index (χ3n) is 7.65. The number of allylic oxidation sites excluding steroid dienone is 2. The summed E-state index contributed by atoms with van der Waals surface area (Å²) in [5, 5.41) is 4.64. The molecule has 0 N–H and O–H groups in total. The van der Waals surface area contributed by atoms with Gasteiger partial charge in [0.25, 0.3) is 5.01 Å². The van der Waals surface area contributed by atoms with Crippen LogP contribution < -0.4 is 9.47 Å². The fraction of sp³-hybridized carbons (Fsp3) is 0.114. The molecule has 210 valence electrons. The second-order valence-electron chi connectivity index (χ2n) is 10.2. The van der Waals surface area contributed by atoms with E-state index in [9.17, 15) is 0 Å². The number of aromatic nitrogens is 3. The highest BCUT2D eigenvalue weighted by molar-refractivity contribution is 8.03. The van der Waals surface area contributed by atoms with Gasteiger partial charge in [0.2, 0.25) is 5.52 Å². The van der Waals surface area contributed by atoms with Gasteiger partial charge in [-0.2, -0.15) is 4.57 Å². The van der Waals surface area contributed by atoms with E-state index in [2.05, 4.69) is 126 Å². The average molecular weight is 632 g/mol. The quantitative estimate of drug-likeness (QED) is 0.171. The lowest BCUT2D eigenvalue weighted by atomic mass is 10.2. The number of hydrogen-bond donors (Lipinski definition) is 0. The van der Waals surface area contributed by atoms with Crippen LogP contribution in [-0.4, -0.2) is 16.5 Å². The molecule has 0 fully saturated rings. The van der Waals surface area contributed by atoms with Crippen molar-refractivity contribution < 1.29 is 4.57 Å². The van der Waals surface area contributed by atoms with E-state index in [0.717, 1.165) is 34.1 Å². The number of nitrogens with zero attached hydrogens (tertiary/aromatic N) is 4. The first kappa shape index (κ1) is 26.8. The number of rotatable bonds is 6. The molecular weight excluding hydrogens is 605 g/mol. The van der Waals surface area contributed by atoms with E-state index in [4.69, 9.17) is 9.97 Å². The molecule has 0 saturated carbocycles. The molecule has 0 bridgehead atoms. The Morgan fingerprint density at radius 2 is 1.42 bits per heavy atom. The Morgan fingerprint density at radius 3 is 2.09 bits per heavy atom. The van der Waals surface area contributed by atoms with Crippen LogP contribution in [-0.2, 0) is 6.54 Å². The fourth-order valence-electron chi connectivity index (χ4n) is 5.57. The Labute approximate surface area is 266 Å². The summed E-state index contributed by atoms with van der Waals surface area (Å²) in [6.45, 7) is 6.26. The smallest absolute Gasteiger partial charge is 0.262 e. The lowest BCUT2D eigenvalue weighted by Crippen LogP contribution is -2.33. The Hall–Kier alpha value is -3.82. The standard InChI is InChI=1S/C35H27N4S4/c1-3-38-26-20-22(34-36-24-10-5-7-12-28(24)42-34)16-18-30(26)40-32(38)14-9-15-33-39(4-2)27-21-23(17-19-31(27)41-33)35-37-25-11-6-8-13-29(25)43-35/h5-21H,3-4H2,1-2H3/q+1. The largest absolute Gasteiger partial charge is 0.335 e. The maximum Gasteiger partial charge on any atom is 0.262 e. The Bertz CT molecular complexity index is 2150. The predicted molar refractivity (Wildman–Crippen MR) is 187 cm³/mol. The van der Waals surface area contributed by atoms with E-state index in [1.54, 1.807) is 22.7 Å². The van der Waals surface area contributed by atoms with Gasteiger partial charge in [0, 0.05) is 34.7 Å². The predicted octanol–water partition coefficient (Wildman–Crippen LogP) is 10.2. The summed E-state index contributed by atoms with van der Waals surface area (Å²) in [4.78, 5) is 13.5. The van der Waals surface area contributed by atoms with E-state index < -0.39 is 0 Å². The second kappa shape index (κ2) is 11.0. The maximum atomic E-state index is 4.89. The lowest BCUT2D eigenvalue weighted by Gasteiger charge is -2.18. The minimum atomic E-state index is 0.912. The Kier molecular flexibility index (Phi) is 6.87. The van der Waals surface area contributed by atoms with Crippen molar-refractivity contribution in [1.82, 2.24) is 9.97 Å². The van der Waals surface area contributed by atoms with Gasteiger partial charge in [-0.3, -0.25) is 0 Å². The number of para-hydroxylation sites is 2. The molecule has 1 aliphatic heterocycles. The Balaban J connectivity index is 1.08. The van der Waals surface area contributed by atoms with Crippen LogP contribution in [0.15, 0.2) is 107 Å². The first-order valence-electron chi connectivity index (χ1n) is 14.3. The lowest BCUT2D eigenvalue weighted by molar-refractivity contribution is -0.665. The SMILES string of the molecule is CCN1/C(=C/C=C/c2sc3ccc(-c4nc5ccccc5s4)cc3[n+]2CC)Sc2ccc(-c3nc4ccccc4s3)cc21. The van der Waals surface area contributed by atoms with E-state index in [-0.39, 0.29) is 0 Å². The van der Waals surface area contributed by atoms with Crippen LogP contribution in [0.2, 0.25) is 0 Å². The molecule has 43 heavy (non-hydrogen) atoms. The molecule has 0 spiro atoms. The molecule has 0 atom stereocenters. The molecule has 8 heteroatoms. The summed E-state index contributed by atoms with van der Waals surface area (Å²) in [5.74, 6) is 0. The van der Waals surface area contributed by atoms with Gasteiger partial charge in [-0.25, -0.2) is 9.97 Å². The van der Waals surface area contributed by atoms with Crippen LogP contribution in [0.3, 0.4) is 0 Å². The molecular formula is C35H27N4S4+. The number of thioether (sulfide) groups is 1. The molecule has 0 unspecified atom stereocenters. The van der Waals surface area contributed by atoms with Crippen molar-refractivity contribution in [3.05, 3.63) is 107 Å². The van der Waals surface area contributed by atoms with Crippen LogP contribution in [0.4, 0.5) is 5.69 Å². The summed E-state index contributed by atoms with van der Waals surface area (Å²) in [5.41, 5.74) is 7.00. The summed E-state index contributed by atoms with van der Waals surface area (Å²) in [6, 6.07) is 30.2. The van der Waals surface area contributed by atoms with Crippen molar-refractivity contribution in [2.24, 2.45) is 0 Å². The van der Waals surface area contributed by atoms with Gasteiger partial charge in [0.1, 0.15) is 21.3 Å². The molecule has 4 nitrogen and oxygen atoms in total. The summed E-state index contributed by atoms with van der Waals surface area (Å²) in [7, 11) is 0. The zero-order valence-corrected chi connectivity index (χ0v) is 26.9. The first-order valence-corrected chi connectivity index (χ1v) is 17.6. The van der Waals surface area contributed by atoms with Crippen molar-refractivity contribution in [2.75, 3.05) is 11.4 Å². The van der Waals surface area contributed by atoms with Crippen molar-refractivity contribution in [2.45, 2.75) is 25.3 Å². The number of fused-ring (bicyclic) bond motifs is 4. The molecule has 0 radical (unpaired) electrons. The van der Waals surface area contributed by atoms with E-state index in [1.807, 2.05) is 23.1 Å². The van der Waals surface area contributed by atoms with E-state index >= 15 is 0 Å². The Morgan fingerprint density at radius 1 is 0.744 bits per heavy atom. The van der Waals surface area contributed by atoms with Crippen LogP contribution in [0.1, 0.15) is 18.9 Å². The third-order valence-corrected chi connectivity index (χ3v) is 12.1. The number of thiazole rings is 3. The van der Waals surface area contributed by atoms with Gasteiger partial charge >= 0.3 is 0 Å². The molecule has 0 aliphatic carbocycles. The molecule has 3 aromatic heterocycles. The summed E-state index contributed by atoms with van der Waals surface area (Å²) in [6.07, 6.45) is 6.71. The van der Waals surface area contributed by atoms with Crippen molar-refractivity contribution >= 4 is 88.2 Å². The summed E-state index contributed by atoms with van der Waals surface area (Å²) >= 11 is 7.19. The van der Waals surface area contributed by atoms with Gasteiger partial charge in [0.05, 0.1) is 31.1 Å². The normalized spacial score (nSPS) is 14.3. The molecule has 0 saturated heterocycles. The van der Waals surface area contributed by atoms with Gasteiger partial charge in [0.15, 0.2) is 0 Å². The monoisotopic (exact) mass is 631 g/mol. The fourth-order valence-corrected chi connectivity index (χ4v) is 9.74. The molecule has 8 rings (SSSR count). The first-order chi connectivity index (χ1) is 21.2. The van der Waals surface area contributed by atoms with E-state index in [0.29, 0.717) is 0 Å². The highest BCUT2D eigenvalue weighted by Gasteiger charge is 2.25. The molecule has 4 aromatic carbocycles. The third kappa shape index (κ3) is 4.79. The zero-order valence-electron chi connectivity index (χ0n) is 23.7. The minimum absolute atomic E-state index is 0.912. The summed E-state index contributed by atoms with van der Waals surface area (Å²) < 4.78 is 6.15. The molecule has 4 heterocycles. The van der Waals surface area contributed by atoms with Crippen LogP contribution in [0.5, 0.6) is 0 Å². The molecule has 0 amide bonds. The number of hydrogen-bond acceptors (Lipinski definition) is 7. The van der Waals surface area contributed by atoms with Gasteiger partial charge in [-0.1, -0.05) is 65.6 Å². The minimum Gasteiger partial charge on any atom is -0.335 e. The van der Waals surface area contributed by atoms with Crippen molar-refractivity contribution in [3.63, 3.8) is 0 Å². The van der Waals surface area contributed by atoms with Crippen molar-refractivity contribution in [1.29, 1.82) is 0 Å². The van der Waals surface area contributed by atoms with Crippen LogP contribution in [0, 0.1) is 0 Å². The zero-order chi connectivity index (χ0) is 28.9. The maximum absolute atomic E-state index is 4.89. The van der Waals surface area contributed by atoms with Crippen LogP contribution in [0.25, 0.3) is 57.9 Å². The number of aryl methyl sites for hydroxylation is 1. The average Bonchev–Trinajstić information content (AvgIpc) is 3.81. The van der Waals surface area contributed by atoms with Crippen molar-refractivity contribution in [3.8, 4) is 21.1 Å². The van der Waals surface area contributed by atoms with Crippen LogP contribution >= 0.6 is 45.8 Å². The number of benzene rings is 4. The van der Waals surface area contributed by atoms with Gasteiger partial charge < -0.3 is 4.90 Å². The highest BCUT2D eigenvalue weighted by Crippen LogP contribution is 2.47. The number of anilines is 1. The van der Waals surface area contributed by atoms with E-state index in [1.165, 1.54) is 51.4 Å². The van der Waals surface area contributed by atoms with Gasteiger partial charge in [-0.05, 0) is 62.4 Å². The highest BCUT2D eigenvalue weighted by atomic mass is 32.2. The van der Waals surface area contributed by atoms with Gasteiger partial charge in [-0.15, -0.1) is 22.7 Å². The second-order valence-corrected chi connectivity index (χ2v) is 14.4. The molecule has 1 aliphatic rings.